The summed E-state index contributed by atoms with van der Waals surface area (Å²) in [5.41, 5.74) is 2.91. The summed E-state index contributed by atoms with van der Waals surface area (Å²) in [6.07, 6.45) is 1.22. The number of benzene rings is 2. The smallest absolute Gasteiger partial charge is 0.215 e. The summed E-state index contributed by atoms with van der Waals surface area (Å²) in [6.45, 7) is 8.32. The molecule has 4 nitrogen and oxygen atoms in total. The van der Waals surface area contributed by atoms with Crippen LogP contribution in [0.2, 0.25) is 10.2 Å². The third kappa shape index (κ3) is 5.41. The number of rotatable bonds is 6. The fourth-order valence-electron chi connectivity index (χ4n) is 3.44. The minimum absolute atomic E-state index is 0. The van der Waals surface area contributed by atoms with Crippen molar-refractivity contribution >= 4 is 40.9 Å². The number of hydrogen-bond acceptors (Lipinski definition) is 3. The van der Waals surface area contributed by atoms with Gasteiger partial charge >= 0.3 is 0 Å². The molecule has 1 heterocycles. The van der Waals surface area contributed by atoms with Crippen LogP contribution >= 0.6 is 23.2 Å². The van der Waals surface area contributed by atoms with Crippen molar-refractivity contribution in [1.82, 2.24) is 4.98 Å². The number of hydrogen-bond donors (Lipinski definition) is 1. The first-order chi connectivity index (χ1) is 14.7. The Morgan fingerprint density at radius 1 is 1.03 bits per heavy atom. The van der Waals surface area contributed by atoms with Crippen LogP contribution in [0.5, 0.6) is 0 Å². The normalized spacial score (nSPS) is 11.2. The first kappa shape index (κ1) is 26.1. The molecule has 1 N–H and O–H groups in total. The summed E-state index contributed by atoms with van der Waals surface area (Å²) < 4.78 is 0. The molecule has 0 saturated carbocycles. The Morgan fingerprint density at radius 3 is 2.19 bits per heavy atom. The molecule has 1 radical (unpaired) electrons. The molecule has 2 aromatic carbocycles. The van der Waals surface area contributed by atoms with Crippen molar-refractivity contribution in [3.63, 3.8) is 0 Å². The Morgan fingerprint density at radius 2 is 1.66 bits per heavy atom. The number of nitrogens with one attached hydrogen (secondary N) is 1. The van der Waals surface area contributed by atoms with E-state index in [1.165, 1.54) is 6.21 Å². The van der Waals surface area contributed by atoms with E-state index in [9.17, 15) is 9.59 Å². The van der Waals surface area contributed by atoms with Crippen molar-refractivity contribution in [1.29, 1.82) is 0 Å². The predicted octanol–water partition coefficient (Wildman–Crippen LogP) is 6.98. The van der Waals surface area contributed by atoms with Gasteiger partial charge in [0.05, 0.1) is 16.9 Å². The quantitative estimate of drug-likeness (QED) is 0.167. The largest absolute Gasteiger partial charge is 0.319 e. The Bertz CT molecular complexity index is 1180. The average Bonchev–Trinajstić information content (AvgIpc) is 2.74. The topological polar surface area (TPSA) is 62.3 Å². The Hall–Kier alpha value is -2.18. The van der Waals surface area contributed by atoms with Crippen LogP contribution < -0.4 is 5.56 Å². The fourth-order valence-corrected chi connectivity index (χ4v) is 3.85. The molecule has 0 bridgehead atoms. The van der Waals surface area contributed by atoms with E-state index >= 15 is 0 Å². The van der Waals surface area contributed by atoms with E-state index in [4.69, 9.17) is 23.2 Å². The number of para-hydroxylation sites is 1. The van der Waals surface area contributed by atoms with E-state index in [-0.39, 0.29) is 49.9 Å². The number of carbonyl (C=O) groups excluding carboxylic acids is 1. The number of aromatic amines is 1. The van der Waals surface area contributed by atoms with E-state index in [2.05, 4.69) is 43.7 Å². The van der Waals surface area contributed by atoms with Gasteiger partial charge in [-0.2, -0.15) is 0 Å². The molecule has 0 amide bonds. The number of pyridine rings is 1. The van der Waals surface area contributed by atoms with E-state index in [1.54, 1.807) is 24.3 Å². The standard InChI is InChI=1S/C25H23Cl2N2O2.Co/c1-14(2)17-11-8-12-18(15(3)4)23(17)28-13-19(30)21-20(16-9-6-5-7-10-16)25(31)29-24(27)22(21)26;/h5-9,11-15H,1-4H3,(H,29,31);/q-1;. The molecule has 0 aliphatic carbocycles. The number of H-pyrrole nitrogens is 1. The number of nitrogens with zero attached hydrogens (tertiary/aromatic N) is 1. The number of carbonyl (C=O) groups is 1. The number of Topliss-reactive ketones (excluding diaryl/α,β-unsaturated/α-hetero) is 1. The number of aromatic nitrogens is 1. The minimum atomic E-state index is -0.515. The van der Waals surface area contributed by atoms with Gasteiger partial charge in [0.1, 0.15) is 5.15 Å². The number of ketones is 1. The van der Waals surface area contributed by atoms with Crippen LogP contribution in [0.1, 0.15) is 61.0 Å². The van der Waals surface area contributed by atoms with Crippen LogP contribution in [0.25, 0.3) is 11.1 Å². The maximum absolute atomic E-state index is 13.2. The number of aliphatic imine (C=N–C) groups is 1. The van der Waals surface area contributed by atoms with Crippen LogP contribution in [-0.4, -0.2) is 17.0 Å². The zero-order valence-electron chi connectivity index (χ0n) is 18.1. The molecule has 3 rings (SSSR count). The van der Waals surface area contributed by atoms with Crippen molar-refractivity contribution in [2.45, 2.75) is 39.5 Å². The zero-order chi connectivity index (χ0) is 22.7. The first-order valence-electron chi connectivity index (χ1n) is 10.0. The average molecular weight is 513 g/mol. The number of halogens is 2. The van der Waals surface area contributed by atoms with Gasteiger partial charge in [-0.15, -0.1) is 35.9 Å². The molecule has 0 aliphatic rings. The molecular weight excluding hydrogens is 490 g/mol. The van der Waals surface area contributed by atoms with Gasteiger partial charge in [0, 0.05) is 22.3 Å². The van der Waals surface area contributed by atoms with Gasteiger partial charge in [0.2, 0.25) is 5.56 Å². The Labute approximate surface area is 208 Å². The molecular formula is C25H23Cl2CoN2O2-. The SMILES string of the molecule is CC(C)c1cccc(C(C)C)c1N=CC(=O)c1c(Cl)c(Cl)[nH]c(=O)c1-c1[c-]cccc1.[Co]. The van der Waals surface area contributed by atoms with Gasteiger partial charge in [-0.05, 0) is 28.5 Å². The molecule has 0 spiro atoms. The summed E-state index contributed by atoms with van der Waals surface area (Å²) in [5, 5.41) is -0.111. The molecule has 0 atom stereocenters. The van der Waals surface area contributed by atoms with Crippen molar-refractivity contribution < 1.29 is 21.6 Å². The van der Waals surface area contributed by atoms with Gasteiger partial charge in [0.25, 0.3) is 0 Å². The van der Waals surface area contributed by atoms with E-state index in [0.717, 1.165) is 16.8 Å². The van der Waals surface area contributed by atoms with Crippen LogP contribution in [0, 0.1) is 6.07 Å². The second-order valence-corrected chi connectivity index (χ2v) is 8.58. The second-order valence-electron chi connectivity index (χ2n) is 7.83. The van der Waals surface area contributed by atoms with Crippen molar-refractivity contribution in [3.8, 4) is 11.1 Å². The van der Waals surface area contributed by atoms with Crippen molar-refractivity contribution in [2.75, 3.05) is 0 Å². The van der Waals surface area contributed by atoms with Crippen LogP contribution in [0.15, 0.2) is 52.3 Å². The molecule has 7 heteroatoms. The Balaban J connectivity index is 0.00000363. The molecule has 0 fully saturated rings. The third-order valence-corrected chi connectivity index (χ3v) is 5.75. The molecule has 0 saturated heterocycles. The molecule has 32 heavy (non-hydrogen) atoms. The monoisotopic (exact) mass is 512 g/mol. The first-order valence-corrected chi connectivity index (χ1v) is 10.8. The van der Waals surface area contributed by atoms with Crippen LogP contribution in [0.4, 0.5) is 5.69 Å². The van der Waals surface area contributed by atoms with E-state index in [0.29, 0.717) is 5.56 Å². The maximum Gasteiger partial charge on any atom is 0.215 e. The minimum Gasteiger partial charge on any atom is -0.319 e. The van der Waals surface area contributed by atoms with E-state index in [1.807, 2.05) is 18.2 Å². The van der Waals surface area contributed by atoms with E-state index < -0.39 is 11.3 Å². The second kappa shape index (κ2) is 11.1. The molecule has 3 aromatic rings. The molecule has 0 aliphatic heterocycles. The van der Waals surface area contributed by atoms with Crippen molar-refractivity contribution in [3.05, 3.63) is 85.8 Å². The van der Waals surface area contributed by atoms with Gasteiger partial charge in [-0.3, -0.25) is 14.6 Å². The van der Waals surface area contributed by atoms with Crippen molar-refractivity contribution in [2.24, 2.45) is 4.99 Å². The summed E-state index contributed by atoms with van der Waals surface area (Å²) in [6, 6.07) is 15.9. The fraction of sp³-hybridized carbons (Fsp3) is 0.240. The zero-order valence-corrected chi connectivity index (χ0v) is 20.7. The van der Waals surface area contributed by atoms with Crippen LogP contribution in [-0.2, 0) is 16.8 Å². The third-order valence-electron chi connectivity index (χ3n) is 4.99. The summed E-state index contributed by atoms with van der Waals surface area (Å²) in [7, 11) is 0. The van der Waals surface area contributed by atoms with Gasteiger partial charge in [0.15, 0.2) is 5.78 Å². The van der Waals surface area contributed by atoms with Gasteiger partial charge in [-0.25, -0.2) is 0 Å². The molecule has 169 valence electrons. The van der Waals surface area contributed by atoms with Crippen LogP contribution in [0.3, 0.4) is 0 Å². The summed E-state index contributed by atoms with van der Waals surface area (Å²) in [4.78, 5) is 32.9. The predicted molar refractivity (Wildman–Crippen MR) is 128 cm³/mol. The summed E-state index contributed by atoms with van der Waals surface area (Å²) >= 11 is 12.4. The maximum atomic E-state index is 13.2. The Kier molecular flexibility index (Phi) is 9.04. The molecule has 1 aromatic heterocycles. The summed E-state index contributed by atoms with van der Waals surface area (Å²) in [5.74, 6) is -0.0420. The van der Waals surface area contributed by atoms with Gasteiger partial charge < -0.3 is 4.98 Å². The van der Waals surface area contributed by atoms with Gasteiger partial charge in [-0.1, -0.05) is 69.1 Å². The molecule has 0 unspecified atom stereocenters.